The van der Waals surface area contributed by atoms with Crippen LogP contribution in [0.15, 0.2) is 53.7 Å². The van der Waals surface area contributed by atoms with Crippen molar-refractivity contribution < 1.29 is 14.1 Å². The maximum absolute atomic E-state index is 13.8. The molecule has 0 bridgehead atoms. The number of nitrogens with zero attached hydrogens (tertiary/aromatic N) is 3. The fraction of sp³-hybridized carbons (Fsp3) is 0.375. The van der Waals surface area contributed by atoms with Crippen molar-refractivity contribution in [3.05, 3.63) is 59.7 Å². The second-order valence-electron chi connectivity index (χ2n) is 8.43. The Hall–Kier alpha value is -2.64. The molecule has 0 spiro atoms. The molecule has 2 heterocycles. The summed E-state index contributed by atoms with van der Waals surface area (Å²) >= 11 is 1.43. The third-order valence-corrected chi connectivity index (χ3v) is 7.69. The number of carbonyl (C=O) groups excluding carboxylic acids is 2. The van der Waals surface area contributed by atoms with E-state index in [1.807, 2.05) is 49.7 Å². The van der Waals surface area contributed by atoms with E-state index in [0.29, 0.717) is 13.0 Å². The second kappa shape index (κ2) is 8.48. The molecule has 2 aromatic carbocycles. The van der Waals surface area contributed by atoms with Gasteiger partial charge in [0.25, 0.3) is 5.91 Å². The molecule has 2 amide bonds. The van der Waals surface area contributed by atoms with E-state index < -0.39 is 11.9 Å². The number of carbonyl (C=O) groups is 2. The number of amides is 2. The molecule has 31 heavy (non-hydrogen) atoms. The predicted octanol–water partition coefficient (Wildman–Crippen LogP) is 3.73. The van der Waals surface area contributed by atoms with Crippen molar-refractivity contribution in [3.8, 4) is 0 Å². The van der Waals surface area contributed by atoms with Crippen LogP contribution in [0.4, 0.5) is 0 Å². The number of aryl methyl sites for hydroxylation is 2. The summed E-state index contributed by atoms with van der Waals surface area (Å²) in [5, 5.41) is 0.797. The van der Waals surface area contributed by atoms with Crippen molar-refractivity contribution in [2.75, 3.05) is 12.3 Å². The first-order valence-electron chi connectivity index (χ1n) is 10.7. The summed E-state index contributed by atoms with van der Waals surface area (Å²) in [5.41, 5.74) is 9.97. The molecule has 6 nitrogen and oxygen atoms in total. The molecular formula is C24H29N4O2S+. The first kappa shape index (κ1) is 21.6. The van der Waals surface area contributed by atoms with Crippen LogP contribution in [0.25, 0.3) is 11.0 Å². The van der Waals surface area contributed by atoms with Crippen molar-refractivity contribution in [1.29, 1.82) is 0 Å². The van der Waals surface area contributed by atoms with Crippen LogP contribution in [0.3, 0.4) is 0 Å². The Morgan fingerprint density at radius 2 is 1.94 bits per heavy atom. The van der Waals surface area contributed by atoms with Gasteiger partial charge in [-0.25, -0.2) is 14.3 Å². The standard InChI is InChI=1S/C24H28N4O2S/c1-16-10-12-18(13-11-16)17(2)28(14-6-9-21(28)23(25)30)22(29)15-31-24-26-19-7-4-5-8-20(19)27(24)3/h4-5,7-8,10-13,17,21H,6,9,14-15H2,1-3H3,(H-,25,30)/p+1/t17-,21-,28?/m0/s1. The van der Waals surface area contributed by atoms with E-state index in [0.717, 1.165) is 28.2 Å². The zero-order chi connectivity index (χ0) is 22.2. The topological polar surface area (TPSA) is 78.0 Å². The number of fused-ring (bicyclic) bond motifs is 1. The molecular weight excluding hydrogens is 408 g/mol. The van der Waals surface area contributed by atoms with E-state index in [1.165, 1.54) is 17.3 Å². The number of quaternary nitrogens is 1. The second-order valence-corrected chi connectivity index (χ2v) is 9.37. The molecule has 1 unspecified atom stereocenters. The van der Waals surface area contributed by atoms with Crippen LogP contribution in [0, 0.1) is 6.92 Å². The average molecular weight is 438 g/mol. The van der Waals surface area contributed by atoms with E-state index in [4.69, 9.17) is 5.73 Å². The summed E-state index contributed by atoms with van der Waals surface area (Å²) in [6.45, 7) is 4.72. The predicted molar refractivity (Wildman–Crippen MR) is 123 cm³/mol. The van der Waals surface area contributed by atoms with Gasteiger partial charge in [-0.3, -0.25) is 4.79 Å². The molecule has 0 aliphatic carbocycles. The summed E-state index contributed by atoms with van der Waals surface area (Å²) < 4.78 is 2.10. The third-order valence-electron chi connectivity index (χ3n) is 6.68. The van der Waals surface area contributed by atoms with E-state index in [9.17, 15) is 9.59 Å². The highest BCUT2D eigenvalue weighted by Crippen LogP contribution is 2.40. The molecule has 0 saturated carbocycles. The largest absolute Gasteiger partial charge is 0.364 e. The van der Waals surface area contributed by atoms with Crippen molar-refractivity contribution >= 4 is 34.6 Å². The van der Waals surface area contributed by atoms with Crippen LogP contribution in [0.2, 0.25) is 0 Å². The summed E-state index contributed by atoms with van der Waals surface area (Å²) in [4.78, 5) is 30.8. The fourth-order valence-corrected chi connectivity index (χ4v) is 5.84. The number of nitrogens with two attached hydrogens (primary N) is 1. The first-order chi connectivity index (χ1) is 14.8. The zero-order valence-electron chi connectivity index (χ0n) is 18.2. The van der Waals surface area contributed by atoms with Crippen LogP contribution < -0.4 is 5.73 Å². The molecule has 1 aliphatic heterocycles. The van der Waals surface area contributed by atoms with Gasteiger partial charge in [0.15, 0.2) is 11.2 Å². The third kappa shape index (κ3) is 3.77. The monoisotopic (exact) mass is 437 g/mol. The lowest BCUT2D eigenvalue weighted by atomic mass is 10.0. The molecule has 1 saturated heterocycles. The molecule has 0 radical (unpaired) electrons. The molecule has 1 aliphatic rings. The highest BCUT2D eigenvalue weighted by atomic mass is 32.2. The van der Waals surface area contributed by atoms with E-state index >= 15 is 0 Å². The number of hydrogen-bond donors (Lipinski definition) is 1. The molecule has 1 aromatic heterocycles. The Kier molecular flexibility index (Phi) is 5.90. The van der Waals surface area contributed by atoms with E-state index in [1.54, 1.807) is 0 Å². The minimum atomic E-state index is -0.496. The fourth-order valence-electron chi connectivity index (χ4n) is 4.89. The molecule has 2 N–H and O–H groups in total. The number of imidazole rings is 1. The van der Waals surface area contributed by atoms with Gasteiger partial charge in [-0.1, -0.05) is 53.7 Å². The number of aromatic nitrogens is 2. The van der Waals surface area contributed by atoms with Gasteiger partial charge in [0.2, 0.25) is 0 Å². The zero-order valence-corrected chi connectivity index (χ0v) is 19.1. The molecule has 162 valence electrons. The Balaban J connectivity index is 1.64. The van der Waals surface area contributed by atoms with Gasteiger partial charge in [0, 0.05) is 25.5 Å². The molecule has 3 atom stereocenters. The summed E-state index contributed by atoms with van der Waals surface area (Å²) in [6.07, 6.45) is 1.46. The minimum absolute atomic E-state index is 0.0337. The van der Waals surface area contributed by atoms with Gasteiger partial charge in [-0.15, -0.1) is 0 Å². The number of hydrogen-bond acceptors (Lipinski definition) is 4. The summed E-state index contributed by atoms with van der Waals surface area (Å²) in [5.74, 6) is -0.110. The van der Waals surface area contributed by atoms with Gasteiger partial charge >= 0.3 is 5.91 Å². The highest BCUT2D eigenvalue weighted by Gasteiger charge is 2.54. The smallest absolute Gasteiger partial charge is 0.325 e. The average Bonchev–Trinajstić information content (AvgIpc) is 3.35. The molecule has 1 fully saturated rings. The van der Waals surface area contributed by atoms with Crippen molar-refractivity contribution in [1.82, 2.24) is 9.55 Å². The van der Waals surface area contributed by atoms with Gasteiger partial charge in [0.1, 0.15) is 11.8 Å². The van der Waals surface area contributed by atoms with Crippen LogP contribution in [-0.4, -0.2) is 44.2 Å². The SMILES string of the molecule is Cc1ccc([C@H](C)[N+]2(C(=O)CSc3nc4ccccc4n3C)CCC[C@H]2C(N)=O)cc1. The van der Waals surface area contributed by atoms with Gasteiger partial charge < -0.3 is 10.3 Å². The number of thioether (sulfide) groups is 1. The number of likely N-dealkylation sites (tertiary alicyclic amines) is 1. The highest BCUT2D eigenvalue weighted by molar-refractivity contribution is 7.99. The Morgan fingerprint density at radius 1 is 1.23 bits per heavy atom. The Morgan fingerprint density at radius 3 is 2.61 bits per heavy atom. The normalized spacial score (nSPS) is 22.0. The van der Waals surface area contributed by atoms with Gasteiger partial charge in [-0.05, 0) is 26.0 Å². The van der Waals surface area contributed by atoms with Gasteiger partial charge in [0.05, 0.1) is 17.6 Å². The van der Waals surface area contributed by atoms with Gasteiger partial charge in [-0.2, -0.15) is 0 Å². The van der Waals surface area contributed by atoms with Crippen LogP contribution in [0.5, 0.6) is 0 Å². The quantitative estimate of drug-likeness (QED) is 0.471. The number of benzene rings is 2. The van der Waals surface area contributed by atoms with Crippen molar-refractivity contribution in [2.24, 2.45) is 12.8 Å². The van der Waals surface area contributed by atoms with E-state index in [-0.39, 0.29) is 22.2 Å². The lowest BCUT2D eigenvalue weighted by Gasteiger charge is -2.41. The molecule has 7 heteroatoms. The van der Waals surface area contributed by atoms with Crippen molar-refractivity contribution in [2.45, 2.75) is 43.9 Å². The first-order valence-corrected chi connectivity index (χ1v) is 11.6. The summed E-state index contributed by atoms with van der Waals surface area (Å²) in [6, 6.07) is 15.5. The van der Waals surface area contributed by atoms with Crippen molar-refractivity contribution in [3.63, 3.8) is 0 Å². The van der Waals surface area contributed by atoms with Crippen LogP contribution >= 0.6 is 11.8 Å². The Labute approximate surface area is 187 Å². The summed E-state index contributed by atoms with van der Waals surface area (Å²) in [7, 11) is 1.96. The molecule has 4 rings (SSSR count). The van der Waals surface area contributed by atoms with E-state index in [2.05, 4.69) is 29.2 Å². The lowest BCUT2D eigenvalue weighted by Crippen LogP contribution is -2.61. The maximum atomic E-state index is 13.8. The van der Waals surface area contributed by atoms with Crippen LogP contribution in [0.1, 0.15) is 36.9 Å². The maximum Gasteiger partial charge on any atom is 0.325 e. The lowest BCUT2D eigenvalue weighted by molar-refractivity contribution is -0.885. The molecule has 3 aromatic rings. The van der Waals surface area contributed by atoms with Crippen LogP contribution in [-0.2, 0) is 16.6 Å². The minimum Gasteiger partial charge on any atom is -0.364 e. The Bertz CT molecular complexity index is 1120. The number of para-hydroxylation sites is 2. The number of rotatable bonds is 6. The number of primary amides is 1.